The summed E-state index contributed by atoms with van der Waals surface area (Å²) in [6, 6.07) is 7.93. The predicted molar refractivity (Wildman–Crippen MR) is 103 cm³/mol. The first-order valence-corrected chi connectivity index (χ1v) is 7.92. The average molecular weight is 438 g/mol. The van der Waals surface area contributed by atoms with Gasteiger partial charge in [0.1, 0.15) is 0 Å². The van der Waals surface area contributed by atoms with Crippen LogP contribution in [0.15, 0.2) is 29.3 Å². The van der Waals surface area contributed by atoms with E-state index in [-0.39, 0.29) is 24.0 Å². The van der Waals surface area contributed by atoms with Gasteiger partial charge in [0, 0.05) is 31.8 Å². The second kappa shape index (κ2) is 11.1. The standard InChI is InChI=1S/C16H24ClN3O.HI/c1-18-16(20-10-11-21-12-14-2-3-14)19-9-8-13-4-6-15(17)7-5-13;/h4-7,14H,2-3,8-12H2,1H3,(H2,18,19,20);1H. The zero-order valence-electron chi connectivity index (χ0n) is 13.0. The van der Waals surface area contributed by atoms with Gasteiger partial charge in [0.15, 0.2) is 5.96 Å². The van der Waals surface area contributed by atoms with Crippen molar-refractivity contribution in [1.82, 2.24) is 10.6 Å². The maximum atomic E-state index is 5.87. The highest BCUT2D eigenvalue weighted by Gasteiger charge is 2.20. The SMILES string of the molecule is CN=C(NCCOCC1CC1)NCCc1ccc(Cl)cc1.I. The Hall–Kier alpha value is -0.530. The number of ether oxygens (including phenoxy) is 1. The van der Waals surface area contributed by atoms with E-state index in [9.17, 15) is 0 Å². The van der Waals surface area contributed by atoms with E-state index in [2.05, 4.69) is 15.6 Å². The van der Waals surface area contributed by atoms with Crippen molar-refractivity contribution < 1.29 is 4.74 Å². The molecule has 2 rings (SSSR count). The van der Waals surface area contributed by atoms with Gasteiger partial charge in [0.25, 0.3) is 0 Å². The van der Waals surface area contributed by atoms with E-state index in [1.807, 2.05) is 24.3 Å². The highest BCUT2D eigenvalue weighted by atomic mass is 127. The normalized spacial score (nSPS) is 14.4. The molecule has 1 fully saturated rings. The molecule has 1 aliphatic carbocycles. The van der Waals surface area contributed by atoms with Gasteiger partial charge in [-0.15, -0.1) is 24.0 Å². The minimum atomic E-state index is 0. The molecule has 0 amide bonds. The third-order valence-corrected chi connectivity index (χ3v) is 3.68. The number of nitrogens with zero attached hydrogens (tertiary/aromatic N) is 1. The molecule has 0 radical (unpaired) electrons. The van der Waals surface area contributed by atoms with Gasteiger partial charge >= 0.3 is 0 Å². The molecule has 0 spiro atoms. The summed E-state index contributed by atoms with van der Waals surface area (Å²) in [5.41, 5.74) is 1.26. The third-order valence-electron chi connectivity index (χ3n) is 3.43. The van der Waals surface area contributed by atoms with E-state index in [4.69, 9.17) is 16.3 Å². The van der Waals surface area contributed by atoms with Crippen molar-refractivity contribution in [2.45, 2.75) is 19.3 Å². The van der Waals surface area contributed by atoms with E-state index < -0.39 is 0 Å². The van der Waals surface area contributed by atoms with Crippen LogP contribution in [0.3, 0.4) is 0 Å². The Morgan fingerprint density at radius 1 is 1.23 bits per heavy atom. The molecule has 22 heavy (non-hydrogen) atoms. The van der Waals surface area contributed by atoms with Gasteiger partial charge in [0.05, 0.1) is 6.61 Å². The molecule has 1 aromatic rings. The zero-order chi connectivity index (χ0) is 14.9. The molecule has 124 valence electrons. The number of nitrogens with one attached hydrogen (secondary N) is 2. The van der Waals surface area contributed by atoms with Gasteiger partial charge in [-0.05, 0) is 42.9 Å². The second-order valence-corrected chi connectivity index (χ2v) is 5.76. The van der Waals surface area contributed by atoms with Crippen LogP contribution in [0.4, 0.5) is 0 Å². The van der Waals surface area contributed by atoms with Crippen molar-refractivity contribution in [2.24, 2.45) is 10.9 Å². The van der Waals surface area contributed by atoms with E-state index in [1.165, 1.54) is 18.4 Å². The summed E-state index contributed by atoms with van der Waals surface area (Å²) in [6.07, 6.45) is 3.61. The fraction of sp³-hybridized carbons (Fsp3) is 0.562. The van der Waals surface area contributed by atoms with Crippen molar-refractivity contribution in [3.8, 4) is 0 Å². The van der Waals surface area contributed by atoms with Gasteiger partial charge in [0.2, 0.25) is 0 Å². The number of halogens is 2. The summed E-state index contributed by atoms with van der Waals surface area (Å²) < 4.78 is 5.58. The summed E-state index contributed by atoms with van der Waals surface area (Å²) >= 11 is 5.87. The smallest absolute Gasteiger partial charge is 0.191 e. The largest absolute Gasteiger partial charge is 0.379 e. The number of aliphatic imine (C=N–C) groups is 1. The number of rotatable bonds is 8. The molecular weight excluding hydrogens is 413 g/mol. The molecule has 0 aromatic heterocycles. The summed E-state index contributed by atoms with van der Waals surface area (Å²) in [5, 5.41) is 7.32. The molecule has 4 nitrogen and oxygen atoms in total. The van der Waals surface area contributed by atoms with Crippen molar-refractivity contribution in [1.29, 1.82) is 0 Å². The first-order valence-electron chi connectivity index (χ1n) is 7.54. The van der Waals surface area contributed by atoms with Crippen LogP contribution in [0.1, 0.15) is 18.4 Å². The lowest BCUT2D eigenvalue weighted by Crippen LogP contribution is -2.39. The van der Waals surface area contributed by atoms with E-state index >= 15 is 0 Å². The Bertz CT molecular complexity index is 449. The summed E-state index contributed by atoms with van der Waals surface area (Å²) in [7, 11) is 1.78. The summed E-state index contributed by atoms with van der Waals surface area (Å²) in [6.45, 7) is 3.26. The lowest BCUT2D eigenvalue weighted by atomic mass is 10.1. The maximum Gasteiger partial charge on any atom is 0.191 e. The van der Waals surface area contributed by atoms with Crippen LogP contribution >= 0.6 is 35.6 Å². The molecule has 0 atom stereocenters. The Kier molecular flexibility index (Phi) is 9.82. The molecule has 2 N–H and O–H groups in total. The van der Waals surface area contributed by atoms with Crippen LogP contribution in [0.25, 0.3) is 0 Å². The van der Waals surface area contributed by atoms with Crippen LogP contribution in [0.5, 0.6) is 0 Å². The number of hydrogen-bond acceptors (Lipinski definition) is 2. The molecule has 1 saturated carbocycles. The number of hydrogen-bond donors (Lipinski definition) is 2. The van der Waals surface area contributed by atoms with Crippen LogP contribution < -0.4 is 10.6 Å². The fourth-order valence-corrected chi connectivity index (χ4v) is 2.10. The van der Waals surface area contributed by atoms with Crippen molar-refractivity contribution >= 4 is 41.5 Å². The average Bonchev–Trinajstić information content (AvgIpc) is 3.31. The molecular formula is C16H25ClIN3O. The van der Waals surface area contributed by atoms with E-state index in [1.54, 1.807) is 7.05 Å². The Morgan fingerprint density at radius 3 is 2.55 bits per heavy atom. The van der Waals surface area contributed by atoms with Gasteiger partial charge in [-0.25, -0.2) is 0 Å². The van der Waals surface area contributed by atoms with Crippen LogP contribution in [0.2, 0.25) is 5.02 Å². The van der Waals surface area contributed by atoms with Crippen molar-refractivity contribution in [3.63, 3.8) is 0 Å². The fourth-order valence-electron chi connectivity index (χ4n) is 1.97. The zero-order valence-corrected chi connectivity index (χ0v) is 16.1. The highest BCUT2D eigenvalue weighted by Crippen LogP contribution is 2.28. The maximum absolute atomic E-state index is 5.87. The van der Waals surface area contributed by atoms with E-state index in [0.29, 0.717) is 0 Å². The summed E-state index contributed by atoms with van der Waals surface area (Å²) in [4.78, 5) is 4.20. The molecule has 1 aliphatic rings. The van der Waals surface area contributed by atoms with Gasteiger partial charge < -0.3 is 15.4 Å². The Labute approximate surface area is 155 Å². The highest BCUT2D eigenvalue weighted by molar-refractivity contribution is 14.0. The second-order valence-electron chi connectivity index (χ2n) is 5.32. The van der Waals surface area contributed by atoms with Crippen LogP contribution in [0, 0.1) is 5.92 Å². The van der Waals surface area contributed by atoms with Gasteiger partial charge in [-0.3, -0.25) is 4.99 Å². The van der Waals surface area contributed by atoms with E-state index in [0.717, 1.165) is 49.6 Å². The predicted octanol–water partition coefficient (Wildman–Crippen LogP) is 3.09. The molecule has 1 aromatic carbocycles. The Balaban J connectivity index is 0.00000242. The van der Waals surface area contributed by atoms with Crippen LogP contribution in [-0.4, -0.2) is 39.3 Å². The molecule has 0 heterocycles. The summed E-state index contributed by atoms with van der Waals surface area (Å²) in [5.74, 6) is 1.64. The molecule has 6 heteroatoms. The number of benzene rings is 1. The first-order chi connectivity index (χ1) is 10.3. The first kappa shape index (κ1) is 19.5. The van der Waals surface area contributed by atoms with Gasteiger partial charge in [-0.1, -0.05) is 23.7 Å². The minimum Gasteiger partial charge on any atom is -0.379 e. The molecule has 0 unspecified atom stereocenters. The van der Waals surface area contributed by atoms with Crippen LogP contribution in [-0.2, 0) is 11.2 Å². The lowest BCUT2D eigenvalue weighted by molar-refractivity contribution is 0.129. The third kappa shape index (κ3) is 8.19. The topological polar surface area (TPSA) is 45.7 Å². The quantitative estimate of drug-likeness (QED) is 0.284. The van der Waals surface area contributed by atoms with Crippen molar-refractivity contribution in [2.75, 3.05) is 33.4 Å². The monoisotopic (exact) mass is 437 g/mol. The number of guanidine groups is 1. The lowest BCUT2D eigenvalue weighted by Gasteiger charge is -2.12. The Morgan fingerprint density at radius 2 is 1.91 bits per heavy atom. The minimum absolute atomic E-state index is 0. The molecule has 0 aliphatic heterocycles. The molecule has 0 bridgehead atoms. The molecule has 0 saturated heterocycles. The van der Waals surface area contributed by atoms with Gasteiger partial charge in [-0.2, -0.15) is 0 Å². The van der Waals surface area contributed by atoms with Crippen molar-refractivity contribution in [3.05, 3.63) is 34.9 Å².